The van der Waals surface area contributed by atoms with Gasteiger partial charge in [0.1, 0.15) is 0 Å². The predicted molar refractivity (Wildman–Crippen MR) is 38.8 cm³/mol. The third kappa shape index (κ3) is 0.818. The number of aliphatic imine (C=N–C) groups is 1. The van der Waals surface area contributed by atoms with Gasteiger partial charge >= 0.3 is 0 Å². The van der Waals surface area contributed by atoms with Gasteiger partial charge in [-0.3, -0.25) is 4.79 Å². The lowest BCUT2D eigenvalue weighted by Gasteiger charge is -2.19. The van der Waals surface area contributed by atoms with E-state index in [0.29, 0.717) is 5.92 Å². The van der Waals surface area contributed by atoms with Gasteiger partial charge in [-0.1, -0.05) is 0 Å². The van der Waals surface area contributed by atoms with Crippen molar-refractivity contribution in [1.82, 2.24) is 0 Å². The molecule has 60 valence electrons. The van der Waals surface area contributed by atoms with Crippen LogP contribution in [0, 0.1) is 5.92 Å². The summed E-state index contributed by atoms with van der Waals surface area (Å²) < 4.78 is 5.16. The van der Waals surface area contributed by atoms with Gasteiger partial charge in [0, 0.05) is 5.92 Å². The van der Waals surface area contributed by atoms with E-state index >= 15 is 0 Å². The Morgan fingerprint density at radius 1 is 1.73 bits per heavy atom. The van der Waals surface area contributed by atoms with Crippen LogP contribution in [0.25, 0.3) is 0 Å². The molecular formula is C7H10N2O2. The van der Waals surface area contributed by atoms with E-state index in [1.165, 1.54) is 0 Å². The van der Waals surface area contributed by atoms with Gasteiger partial charge in [-0.25, -0.2) is 0 Å². The van der Waals surface area contributed by atoms with E-state index in [-0.39, 0.29) is 11.9 Å². The summed E-state index contributed by atoms with van der Waals surface area (Å²) in [6.45, 7) is 1.76. The number of carbonyl (C=O) groups is 1. The molecule has 4 heteroatoms. The molecule has 4 nitrogen and oxygen atoms in total. The van der Waals surface area contributed by atoms with Gasteiger partial charge in [-0.2, -0.15) is 4.99 Å². The molecule has 2 aliphatic rings. The van der Waals surface area contributed by atoms with Crippen LogP contribution in [-0.2, 0) is 9.53 Å². The molecule has 0 aromatic rings. The second kappa shape index (κ2) is 1.75. The maximum absolute atomic E-state index is 11.2. The molecule has 0 spiro atoms. The Hall–Kier alpha value is -1.06. The molecule has 11 heavy (non-hydrogen) atoms. The van der Waals surface area contributed by atoms with E-state index in [1.807, 2.05) is 0 Å². The summed E-state index contributed by atoms with van der Waals surface area (Å²) in [6, 6.07) is 0.0180. The van der Waals surface area contributed by atoms with Gasteiger partial charge in [-0.15, -0.1) is 0 Å². The average Bonchev–Trinajstić information content (AvgIpc) is 2.63. The molecule has 1 amide bonds. The van der Waals surface area contributed by atoms with Crippen molar-refractivity contribution in [3.05, 3.63) is 0 Å². The van der Waals surface area contributed by atoms with Crippen molar-refractivity contribution in [2.24, 2.45) is 16.6 Å². The molecule has 0 aromatic heterocycles. The lowest BCUT2D eigenvalue weighted by Crippen LogP contribution is -2.37. The Bertz CT molecular complexity index is 245. The fraction of sp³-hybridized carbons (Fsp3) is 0.714. The lowest BCUT2D eigenvalue weighted by atomic mass is 10.0. The van der Waals surface area contributed by atoms with Crippen LogP contribution in [0.1, 0.15) is 19.8 Å². The fourth-order valence-corrected chi connectivity index (χ4v) is 1.39. The van der Waals surface area contributed by atoms with Gasteiger partial charge < -0.3 is 10.5 Å². The summed E-state index contributed by atoms with van der Waals surface area (Å²) in [5, 5.41) is 0. The van der Waals surface area contributed by atoms with Crippen molar-refractivity contribution in [2.75, 3.05) is 0 Å². The van der Waals surface area contributed by atoms with Crippen LogP contribution in [-0.4, -0.2) is 17.5 Å². The topological polar surface area (TPSA) is 64.7 Å². The molecule has 0 aromatic carbocycles. The Balaban J connectivity index is 2.23. The first-order valence-corrected chi connectivity index (χ1v) is 3.70. The minimum Gasteiger partial charge on any atom is -0.448 e. The van der Waals surface area contributed by atoms with Gasteiger partial charge in [0.25, 0.3) is 11.9 Å². The number of hydrogen-bond donors (Lipinski definition) is 1. The number of rotatable bonds is 1. The monoisotopic (exact) mass is 154 g/mol. The first-order valence-electron chi connectivity index (χ1n) is 3.70. The zero-order valence-corrected chi connectivity index (χ0v) is 6.33. The number of amidine groups is 1. The van der Waals surface area contributed by atoms with Crippen LogP contribution in [0.15, 0.2) is 4.99 Å². The summed E-state index contributed by atoms with van der Waals surface area (Å²) in [6.07, 6.45) is 2.09. The zero-order chi connectivity index (χ0) is 8.06. The van der Waals surface area contributed by atoms with E-state index in [0.717, 1.165) is 12.8 Å². The number of hydrogen-bond acceptors (Lipinski definition) is 3. The Labute approximate surface area is 64.4 Å². The third-order valence-corrected chi connectivity index (χ3v) is 2.31. The third-order valence-electron chi connectivity index (χ3n) is 2.31. The number of carbonyl (C=O) groups excluding carboxylic acids is 1. The first kappa shape index (κ1) is 6.64. The van der Waals surface area contributed by atoms with E-state index in [9.17, 15) is 4.79 Å². The maximum Gasteiger partial charge on any atom is 0.294 e. The number of nitrogens with zero attached hydrogens (tertiary/aromatic N) is 1. The van der Waals surface area contributed by atoms with Crippen molar-refractivity contribution in [2.45, 2.75) is 25.4 Å². The Morgan fingerprint density at radius 3 is 2.73 bits per heavy atom. The number of nitrogens with two attached hydrogens (primary N) is 1. The molecular weight excluding hydrogens is 144 g/mol. The van der Waals surface area contributed by atoms with Crippen molar-refractivity contribution >= 4 is 11.9 Å². The van der Waals surface area contributed by atoms with E-state index < -0.39 is 5.60 Å². The predicted octanol–water partition coefficient (Wildman–Crippen LogP) is 0.0266. The van der Waals surface area contributed by atoms with Crippen LogP contribution in [0.2, 0.25) is 0 Å². The molecule has 0 saturated heterocycles. The lowest BCUT2D eigenvalue weighted by molar-refractivity contribution is -0.131. The van der Waals surface area contributed by atoms with Crippen LogP contribution in [0.3, 0.4) is 0 Å². The molecule has 1 aliphatic carbocycles. The summed E-state index contributed by atoms with van der Waals surface area (Å²) in [5.74, 6) is 0.109. The minimum absolute atomic E-state index is 0.0180. The van der Waals surface area contributed by atoms with Crippen molar-refractivity contribution in [1.29, 1.82) is 0 Å². The molecule has 1 saturated carbocycles. The standard InChI is InChI=1S/C7H10N2O2/c1-7(4-2-3-4)5(10)9-6(8)11-7/h4H,2-3H2,1H3,(H2,8,9,10). The van der Waals surface area contributed by atoms with Gasteiger partial charge in [0.2, 0.25) is 0 Å². The molecule has 0 radical (unpaired) electrons. The highest BCUT2D eigenvalue weighted by Crippen LogP contribution is 2.44. The molecule has 2 N–H and O–H groups in total. The summed E-state index contributed by atoms with van der Waals surface area (Å²) in [7, 11) is 0. The summed E-state index contributed by atoms with van der Waals surface area (Å²) in [4.78, 5) is 14.7. The highest BCUT2D eigenvalue weighted by Gasteiger charge is 2.52. The molecule has 1 fully saturated rings. The van der Waals surface area contributed by atoms with E-state index in [1.54, 1.807) is 6.92 Å². The second-order valence-corrected chi connectivity index (χ2v) is 3.24. The van der Waals surface area contributed by atoms with Gasteiger partial charge in [0.15, 0.2) is 5.60 Å². The van der Waals surface area contributed by atoms with E-state index in [2.05, 4.69) is 4.99 Å². The first-order chi connectivity index (χ1) is 5.13. The normalized spacial score (nSPS) is 36.8. The van der Waals surface area contributed by atoms with Crippen LogP contribution in [0.4, 0.5) is 0 Å². The molecule has 0 bridgehead atoms. The SMILES string of the molecule is CC1(C2CC2)OC(N)=NC1=O. The number of amides is 1. The Kier molecular flexibility index (Phi) is 1.06. The smallest absolute Gasteiger partial charge is 0.294 e. The highest BCUT2D eigenvalue weighted by molar-refractivity contribution is 6.00. The van der Waals surface area contributed by atoms with Crippen LogP contribution in [0.5, 0.6) is 0 Å². The molecule has 1 unspecified atom stereocenters. The summed E-state index contributed by atoms with van der Waals surface area (Å²) in [5.41, 5.74) is 4.54. The molecule has 1 atom stereocenters. The molecule has 1 heterocycles. The highest BCUT2D eigenvalue weighted by atomic mass is 16.5. The quantitative estimate of drug-likeness (QED) is 0.579. The zero-order valence-electron chi connectivity index (χ0n) is 6.33. The minimum atomic E-state index is -0.732. The van der Waals surface area contributed by atoms with Crippen LogP contribution < -0.4 is 5.73 Å². The largest absolute Gasteiger partial charge is 0.448 e. The Morgan fingerprint density at radius 2 is 2.36 bits per heavy atom. The number of ether oxygens (including phenoxy) is 1. The van der Waals surface area contributed by atoms with Crippen LogP contribution >= 0.6 is 0 Å². The molecule has 1 aliphatic heterocycles. The van der Waals surface area contributed by atoms with Crippen molar-refractivity contribution in [3.63, 3.8) is 0 Å². The molecule has 2 rings (SSSR count). The average molecular weight is 154 g/mol. The van der Waals surface area contributed by atoms with Gasteiger partial charge in [-0.05, 0) is 19.8 Å². The fourth-order valence-electron chi connectivity index (χ4n) is 1.39. The van der Waals surface area contributed by atoms with E-state index in [4.69, 9.17) is 10.5 Å². The maximum atomic E-state index is 11.2. The summed E-state index contributed by atoms with van der Waals surface area (Å²) >= 11 is 0. The van der Waals surface area contributed by atoms with Crippen molar-refractivity contribution < 1.29 is 9.53 Å². The second-order valence-electron chi connectivity index (χ2n) is 3.24. The van der Waals surface area contributed by atoms with Crippen molar-refractivity contribution in [3.8, 4) is 0 Å². The van der Waals surface area contributed by atoms with Gasteiger partial charge in [0.05, 0.1) is 0 Å².